The summed E-state index contributed by atoms with van der Waals surface area (Å²) in [6.07, 6.45) is 8.17. The van der Waals surface area contributed by atoms with Crippen molar-refractivity contribution < 1.29 is 4.52 Å². The second-order valence-electron chi connectivity index (χ2n) is 3.95. The molecule has 0 bridgehead atoms. The van der Waals surface area contributed by atoms with Crippen LogP contribution < -0.4 is 0 Å². The zero-order valence-corrected chi connectivity index (χ0v) is 10.0. The number of aromatic nitrogens is 1. The maximum Gasteiger partial charge on any atom is 0.162 e. The number of allylic oxidation sites excluding steroid dienone is 2. The minimum Gasteiger partial charge on any atom is -0.356 e. The van der Waals surface area contributed by atoms with Crippen LogP contribution in [0.4, 0.5) is 0 Å². The van der Waals surface area contributed by atoms with Gasteiger partial charge >= 0.3 is 0 Å². The van der Waals surface area contributed by atoms with Gasteiger partial charge in [-0.3, -0.25) is 0 Å². The summed E-state index contributed by atoms with van der Waals surface area (Å²) >= 11 is 0. The Kier molecular flexibility index (Phi) is 5.16. The Morgan fingerprint density at radius 1 is 1.40 bits per heavy atom. The van der Waals surface area contributed by atoms with E-state index in [0.29, 0.717) is 0 Å². The second-order valence-corrected chi connectivity index (χ2v) is 3.95. The number of hydrogen-bond donors (Lipinski definition) is 0. The minimum absolute atomic E-state index is 0.949. The average molecular weight is 207 g/mol. The van der Waals surface area contributed by atoms with Crippen LogP contribution in [-0.2, 0) is 0 Å². The molecule has 0 spiro atoms. The number of hydrogen-bond acceptors (Lipinski definition) is 2. The normalized spacial score (nSPS) is 12.1. The molecule has 0 aliphatic rings. The van der Waals surface area contributed by atoms with Gasteiger partial charge in [0.2, 0.25) is 0 Å². The van der Waals surface area contributed by atoms with Gasteiger partial charge in [0.05, 0.1) is 5.69 Å². The van der Waals surface area contributed by atoms with Gasteiger partial charge in [0, 0.05) is 6.07 Å². The van der Waals surface area contributed by atoms with E-state index >= 15 is 0 Å². The van der Waals surface area contributed by atoms with Crippen LogP contribution >= 0.6 is 0 Å². The van der Waals surface area contributed by atoms with Crippen LogP contribution in [0.3, 0.4) is 0 Å². The number of aryl methyl sites for hydroxylation is 1. The molecular formula is C13H21NO. The monoisotopic (exact) mass is 207 g/mol. The molecule has 0 N–H and O–H groups in total. The molecule has 2 heteroatoms. The Hall–Kier alpha value is -1.05. The highest BCUT2D eigenvalue weighted by Gasteiger charge is 2.06. The molecule has 0 unspecified atom stereocenters. The van der Waals surface area contributed by atoms with Crippen molar-refractivity contribution in [3.8, 4) is 0 Å². The van der Waals surface area contributed by atoms with Gasteiger partial charge in [-0.25, -0.2) is 0 Å². The fourth-order valence-electron chi connectivity index (χ4n) is 1.59. The van der Waals surface area contributed by atoms with Gasteiger partial charge in [-0.15, -0.1) is 0 Å². The van der Waals surface area contributed by atoms with Crippen LogP contribution in [0, 0.1) is 6.92 Å². The summed E-state index contributed by atoms with van der Waals surface area (Å²) in [7, 11) is 0. The Bertz CT molecular complexity index is 312. The summed E-state index contributed by atoms with van der Waals surface area (Å²) in [6, 6.07) is 2.02. The van der Waals surface area contributed by atoms with Crippen molar-refractivity contribution in [1.29, 1.82) is 0 Å². The molecule has 0 amide bonds. The van der Waals surface area contributed by atoms with Crippen molar-refractivity contribution in [1.82, 2.24) is 5.16 Å². The zero-order chi connectivity index (χ0) is 11.1. The molecular weight excluding hydrogens is 186 g/mol. The van der Waals surface area contributed by atoms with Crippen LogP contribution in [0.25, 0.3) is 5.57 Å². The Labute approximate surface area is 92.4 Å². The fraction of sp³-hybridized carbons (Fsp3) is 0.615. The summed E-state index contributed by atoms with van der Waals surface area (Å²) < 4.78 is 5.29. The molecule has 1 rings (SSSR count). The van der Waals surface area contributed by atoms with E-state index in [1.54, 1.807) is 0 Å². The first-order chi connectivity index (χ1) is 7.27. The zero-order valence-electron chi connectivity index (χ0n) is 10.0. The van der Waals surface area contributed by atoms with Crippen LogP contribution in [-0.4, -0.2) is 5.16 Å². The van der Waals surface area contributed by atoms with Gasteiger partial charge < -0.3 is 4.52 Å². The topological polar surface area (TPSA) is 26.0 Å². The number of nitrogens with zero attached hydrogens (tertiary/aromatic N) is 1. The molecule has 1 aromatic heterocycles. The SMILES string of the molecule is CCCCC=C(CCC)c1cc(C)no1. The molecule has 0 radical (unpaired) electrons. The molecule has 84 valence electrons. The third-order valence-corrected chi connectivity index (χ3v) is 2.41. The second kappa shape index (κ2) is 6.44. The lowest BCUT2D eigenvalue weighted by molar-refractivity contribution is 0.404. The summed E-state index contributed by atoms with van der Waals surface area (Å²) in [5.41, 5.74) is 2.27. The molecule has 0 aliphatic heterocycles. The highest BCUT2D eigenvalue weighted by Crippen LogP contribution is 2.21. The van der Waals surface area contributed by atoms with Crippen molar-refractivity contribution in [2.75, 3.05) is 0 Å². The van der Waals surface area contributed by atoms with E-state index in [9.17, 15) is 0 Å². The van der Waals surface area contributed by atoms with E-state index in [1.165, 1.54) is 18.4 Å². The van der Waals surface area contributed by atoms with Crippen LogP contribution in [0.5, 0.6) is 0 Å². The Morgan fingerprint density at radius 3 is 2.73 bits per heavy atom. The molecule has 0 atom stereocenters. The van der Waals surface area contributed by atoms with Crippen molar-refractivity contribution in [2.45, 2.75) is 52.9 Å². The summed E-state index contributed by atoms with van der Waals surface area (Å²) in [5.74, 6) is 0.949. The summed E-state index contributed by atoms with van der Waals surface area (Å²) in [5, 5.41) is 3.93. The minimum atomic E-state index is 0.949. The first kappa shape index (κ1) is 12.0. The molecule has 0 saturated heterocycles. The lowest BCUT2D eigenvalue weighted by Crippen LogP contribution is -1.82. The highest BCUT2D eigenvalue weighted by atomic mass is 16.5. The largest absolute Gasteiger partial charge is 0.356 e. The summed E-state index contributed by atoms with van der Waals surface area (Å²) in [6.45, 7) is 6.37. The highest BCUT2D eigenvalue weighted by molar-refractivity contribution is 5.61. The van der Waals surface area contributed by atoms with Crippen molar-refractivity contribution in [2.24, 2.45) is 0 Å². The van der Waals surface area contributed by atoms with Gasteiger partial charge in [-0.05, 0) is 25.3 Å². The molecule has 1 aromatic rings. The van der Waals surface area contributed by atoms with Gasteiger partial charge in [0.1, 0.15) is 0 Å². The number of rotatable bonds is 6. The molecule has 0 aliphatic carbocycles. The molecule has 0 fully saturated rings. The van der Waals surface area contributed by atoms with Crippen LogP contribution in [0.2, 0.25) is 0 Å². The van der Waals surface area contributed by atoms with Crippen LogP contribution in [0.1, 0.15) is 57.4 Å². The smallest absolute Gasteiger partial charge is 0.162 e. The maximum atomic E-state index is 5.29. The maximum absolute atomic E-state index is 5.29. The van der Waals surface area contributed by atoms with Gasteiger partial charge in [-0.1, -0.05) is 44.3 Å². The van der Waals surface area contributed by atoms with E-state index in [4.69, 9.17) is 4.52 Å². The summed E-state index contributed by atoms with van der Waals surface area (Å²) in [4.78, 5) is 0. The predicted octanol–water partition coefficient (Wildman–Crippen LogP) is 4.36. The van der Waals surface area contributed by atoms with Crippen molar-refractivity contribution in [3.63, 3.8) is 0 Å². The Balaban J connectivity index is 2.68. The fourth-order valence-corrected chi connectivity index (χ4v) is 1.59. The first-order valence-corrected chi connectivity index (χ1v) is 5.90. The Morgan fingerprint density at radius 2 is 2.20 bits per heavy atom. The third kappa shape index (κ3) is 3.90. The molecule has 15 heavy (non-hydrogen) atoms. The number of unbranched alkanes of at least 4 members (excludes halogenated alkanes) is 2. The first-order valence-electron chi connectivity index (χ1n) is 5.90. The third-order valence-electron chi connectivity index (χ3n) is 2.41. The molecule has 2 nitrogen and oxygen atoms in total. The quantitative estimate of drug-likeness (QED) is 0.648. The van der Waals surface area contributed by atoms with Gasteiger partial charge in [0.25, 0.3) is 0 Å². The van der Waals surface area contributed by atoms with E-state index in [1.807, 2.05) is 13.0 Å². The van der Waals surface area contributed by atoms with E-state index in [0.717, 1.165) is 30.7 Å². The van der Waals surface area contributed by atoms with E-state index in [2.05, 4.69) is 25.1 Å². The predicted molar refractivity (Wildman–Crippen MR) is 63.7 cm³/mol. The standard InChI is InChI=1S/C13H21NO/c1-4-6-7-9-12(8-5-2)13-10-11(3)14-15-13/h9-10H,4-8H2,1-3H3. The van der Waals surface area contributed by atoms with Gasteiger partial charge in [-0.2, -0.15) is 0 Å². The molecule has 0 saturated carbocycles. The molecule has 0 aromatic carbocycles. The van der Waals surface area contributed by atoms with Crippen LogP contribution in [0.15, 0.2) is 16.7 Å². The lowest BCUT2D eigenvalue weighted by atomic mass is 10.1. The lowest BCUT2D eigenvalue weighted by Gasteiger charge is -2.01. The van der Waals surface area contributed by atoms with E-state index < -0.39 is 0 Å². The average Bonchev–Trinajstić information content (AvgIpc) is 2.64. The van der Waals surface area contributed by atoms with Gasteiger partial charge in [0.15, 0.2) is 5.76 Å². The molecule has 1 heterocycles. The van der Waals surface area contributed by atoms with Crippen molar-refractivity contribution >= 4 is 5.57 Å². The van der Waals surface area contributed by atoms with E-state index in [-0.39, 0.29) is 0 Å². The van der Waals surface area contributed by atoms with Crippen molar-refractivity contribution in [3.05, 3.63) is 23.6 Å².